The molecule has 1 N–H and O–H groups in total. The third-order valence-electron chi connectivity index (χ3n) is 3.49. The van der Waals surface area contributed by atoms with Gasteiger partial charge in [0.05, 0.1) is 6.42 Å². The largest absolute Gasteiger partial charge is 0.326 e. The van der Waals surface area contributed by atoms with E-state index in [0.29, 0.717) is 5.02 Å². The highest BCUT2D eigenvalue weighted by Gasteiger charge is 2.07. The molecule has 0 saturated heterocycles. The van der Waals surface area contributed by atoms with Gasteiger partial charge in [0.25, 0.3) is 0 Å². The van der Waals surface area contributed by atoms with Crippen molar-refractivity contribution in [3.8, 4) is 11.1 Å². The van der Waals surface area contributed by atoms with E-state index in [1.165, 1.54) is 0 Å². The highest BCUT2D eigenvalue weighted by atomic mass is 35.5. The van der Waals surface area contributed by atoms with Crippen molar-refractivity contribution in [2.24, 2.45) is 0 Å². The minimum absolute atomic E-state index is 0.0882. The predicted molar refractivity (Wildman–Crippen MR) is 93.5 cm³/mol. The van der Waals surface area contributed by atoms with Crippen molar-refractivity contribution in [1.29, 1.82) is 0 Å². The van der Waals surface area contributed by atoms with Gasteiger partial charge in [-0.1, -0.05) is 41.9 Å². The number of halogens is 1. The third kappa shape index (κ3) is 3.96. The summed E-state index contributed by atoms with van der Waals surface area (Å²) in [5.74, 6) is -0.0882. The van der Waals surface area contributed by atoms with E-state index >= 15 is 0 Å². The van der Waals surface area contributed by atoms with Crippen LogP contribution in [0.1, 0.15) is 5.56 Å². The van der Waals surface area contributed by atoms with Gasteiger partial charge in [-0.2, -0.15) is 0 Å². The first-order valence-corrected chi connectivity index (χ1v) is 7.64. The maximum Gasteiger partial charge on any atom is 0.228 e. The number of nitrogens with one attached hydrogen (secondary N) is 1. The highest BCUT2D eigenvalue weighted by molar-refractivity contribution is 6.31. The zero-order valence-corrected chi connectivity index (χ0v) is 13.1. The monoisotopic (exact) mass is 322 g/mol. The summed E-state index contributed by atoms with van der Waals surface area (Å²) in [7, 11) is 0. The van der Waals surface area contributed by atoms with Crippen molar-refractivity contribution in [1.82, 2.24) is 4.98 Å². The Bertz CT molecular complexity index is 801. The van der Waals surface area contributed by atoms with Crippen molar-refractivity contribution in [2.45, 2.75) is 6.42 Å². The normalized spacial score (nSPS) is 10.3. The van der Waals surface area contributed by atoms with Crippen molar-refractivity contribution < 1.29 is 4.79 Å². The number of nitrogens with zero attached hydrogens (tertiary/aromatic N) is 1. The standard InChI is InChI=1S/C19H15ClN2O/c20-18-4-2-1-3-16(18)13-19(23)22-17-7-5-14(6-8-17)15-9-11-21-12-10-15/h1-12H,13H2,(H,22,23). The highest BCUT2D eigenvalue weighted by Crippen LogP contribution is 2.21. The summed E-state index contributed by atoms with van der Waals surface area (Å²) in [6, 6.07) is 19.0. The minimum Gasteiger partial charge on any atom is -0.326 e. The maximum atomic E-state index is 12.1. The Morgan fingerprint density at radius 1 is 0.913 bits per heavy atom. The number of hydrogen-bond donors (Lipinski definition) is 1. The maximum absolute atomic E-state index is 12.1. The average molecular weight is 323 g/mol. The van der Waals surface area contributed by atoms with Gasteiger partial charge >= 0.3 is 0 Å². The Labute approximate surface area is 140 Å². The summed E-state index contributed by atoms with van der Waals surface area (Å²) in [5.41, 5.74) is 3.75. The predicted octanol–water partition coefficient (Wildman–Crippen LogP) is 4.58. The molecule has 0 fully saturated rings. The molecule has 114 valence electrons. The lowest BCUT2D eigenvalue weighted by molar-refractivity contribution is -0.115. The Hall–Kier alpha value is -2.65. The van der Waals surface area contributed by atoms with Gasteiger partial charge in [0, 0.05) is 23.1 Å². The van der Waals surface area contributed by atoms with E-state index in [4.69, 9.17) is 11.6 Å². The van der Waals surface area contributed by atoms with E-state index in [2.05, 4.69) is 10.3 Å². The first kappa shape index (κ1) is 15.3. The summed E-state index contributed by atoms with van der Waals surface area (Å²) in [5, 5.41) is 3.49. The van der Waals surface area contributed by atoms with Gasteiger partial charge in [-0.15, -0.1) is 0 Å². The zero-order chi connectivity index (χ0) is 16.1. The molecule has 23 heavy (non-hydrogen) atoms. The van der Waals surface area contributed by atoms with Crippen LogP contribution in [0.3, 0.4) is 0 Å². The summed E-state index contributed by atoms with van der Waals surface area (Å²) < 4.78 is 0. The molecule has 0 saturated carbocycles. The van der Waals surface area contributed by atoms with Crippen molar-refractivity contribution in [3.63, 3.8) is 0 Å². The molecule has 3 nitrogen and oxygen atoms in total. The minimum atomic E-state index is -0.0882. The van der Waals surface area contributed by atoms with Crippen LogP contribution in [0.4, 0.5) is 5.69 Å². The molecule has 0 bridgehead atoms. The van der Waals surface area contributed by atoms with E-state index in [-0.39, 0.29) is 12.3 Å². The van der Waals surface area contributed by atoms with E-state index in [9.17, 15) is 4.79 Å². The average Bonchev–Trinajstić information content (AvgIpc) is 2.58. The molecular formula is C19H15ClN2O. The molecule has 3 rings (SSSR count). The molecule has 0 aliphatic heterocycles. The van der Waals surface area contributed by atoms with Gasteiger partial charge in [-0.3, -0.25) is 9.78 Å². The smallest absolute Gasteiger partial charge is 0.228 e. The van der Waals surface area contributed by atoms with Crippen molar-refractivity contribution in [2.75, 3.05) is 5.32 Å². The molecule has 2 aromatic carbocycles. The molecule has 0 aliphatic carbocycles. The Morgan fingerprint density at radius 3 is 2.26 bits per heavy atom. The number of amides is 1. The van der Waals surface area contributed by atoms with Gasteiger partial charge in [-0.25, -0.2) is 0 Å². The Balaban J connectivity index is 1.66. The molecule has 0 atom stereocenters. The summed E-state index contributed by atoms with van der Waals surface area (Å²) in [6.07, 6.45) is 3.77. The number of carbonyl (C=O) groups excluding carboxylic acids is 1. The molecular weight excluding hydrogens is 308 g/mol. The van der Waals surface area contributed by atoms with Gasteiger partial charge in [-0.05, 0) is 47.0 Å². The summed E-state index contributed by atoms with van der Waals surface area (Å²) >= 11 is 6.07. The number of benzene rings is 2. The molecule has 0 spiro atoms. The van der Waals surface area contributed by atoms with E-state index in [1.807, 2.05) is 54.6 Å². The lowest BCUT2D eigenvalue weighted by atomic mass is 10.1. The van der Waals surface area contributed by atoms with Crippen molar-refractivity contribution >= 4 is 23.2 Å². The second kappa shape index (κ2) is 7.07. The van der Waals surface area contributed by atoms with Gasteiger partial charge in [0.15, 0.2) is 0 Å². The molecule has 1 aromatic heterocycles. The van der Waals surface area contributed by atoms with Crippen LogP contribution in [-0.2, 0) is 11.2 Å². The fraction of sp³-hybridized carbons (Fsp3) is 0.0526. The van der Waals surface area contributed by atoms with E-state index < -0.39 is 0 Å². The molecule has 1 amide bonds. The van der Waals surface area contributed by atoms with E-state index in [1.54, 1.807) is 18.5 Å². The van der Waals surface area contributed by atoms with Crippen LogP contribution in [0.25, 0.3) is 11.1 Å². The lowest BCUT2D eigenvalue weighted by Crippen LogP contribution is -2.14. The molecule has 0 aliphatic rings. The van der Waals surface area contributed by atoms with Crippen LogP contribution in [0, 0.1) is 0 Å². The number of pyridine rings is 1. The molecule has 0 radical (unpaired) electrons. The van der Waals surface area contributed by atoms with E-state index in [0.717, 1.165) is 22.4 Å². The first-order valence-electron chi connectivity index (χ1n) is 7.26. The van der Waals surface area contributed by atoms with Crippen LogP contribution in [0.5, 0.6) is 0 Å². The SMILES string of the molecule is O=C(Cc1ccccc1Cl)Nc1ccc(-c2ccncc2)cc1. The molecule has 0 unspecified atom stereocenters. The van der Waals surface area contributed by atoms with Crippen molar-refractivity contribution in [3.05, 3.63) is 83.6 Å². The van der Waals surface area contributed by atoms with Crippen LogP contribution >= 0.6 is 11.6 Å². The lowest BCUT2D eigenvalue weighted by Gasteiger charge is -2.08. The fourth-order valence-electron chi connectivity index (χ4n) is 2.31. The topological polar surface area (TPSA) is 42.0 Å². The zero-order valence-electron chi connectivity index (χ0n) is 12.4. The first-order chi connectivity index (χ1) is 11.2. The van der Waals surface area contributed by atoms with Crippen LogP contribution in [-0.4, -0.2) is 10.9 Å². The second-order valence-electron chi connectivity index (χ2n) is 5.13. The van der Waals surface area contributed by atoms with Crippen LogP contribution in [0.2, 0.25) is 5.02 Å². The third-order valence-corrected chi connectivity index (χ3v) is 3.86. The van der Waals surface area contributed by atoms with Gasteiger partial charge in [0.2, 0.25) is 5.91 Å². The van der Waals surface area contributed by atoms with Gasteiger partial charge < -0.3 is 5.32 Å². The number of carbonyl (C=O) groups is 1. The summed E-state index contributed by atoms with van der Waals surface area (Å²) in [4.78, 5) is 16.1. The fourth-order valence-corrected chi connectivity index (χ4v) is 2.51. The summed E-state index contributed by atoms with van der Waals surface area (Å²) in [6.45, 7) is 0. The Morgan fingerprint density at radius 2 is 1.57 bits per heavy atom. The molecule has 3 aromatic rings. The second-order valence-corrected chi connectivity index (χ2v) is 5.54. The quantitative estimate of drug-likeness (QED) is 0.763. The molecule has 1 heterocycles. The number of aromatic nitrogens is 1. The number of anilines is 1. The Kier molecular flexibility index (Phi) is 4.69. The molecule has 4 heteroatoms. The number of hydrogen-bond acceptors (Lipinski definition) is 2. The van der Waals surface area contributed by atoms with Crippen LogP contribution < -0.4 is 5.32 Å². The van der Waals surface area contributed by atoms with Gasteiger partial charge in [0.1, 0.15) is 0 Å². The van der Waals surface area contributed by atoms with Crippen LogP contribution in [0.15, 0.2) is 73.1 Å². The number of rotatable bonds is 4.